The summed E-state index contributed by atoms with van der Waals surface area (Å²) in [7, 11) is 0. The zero-order valence-corrected chi connectivity index (χ0v) is 10.1. The first kappa shape index (κ1) is 12.0. The van der Waals surface area contributed by atoms with Gasteiger partial charge in [-0.15, -0.1) is 5.10 Å². The normalized spacial score (nSPS) is 20.2. The van der Waals surface area contributed by atoms with E-state index in [1.54, 1.807) is 17.8 Å². The second-order valence-corrected chi connectivity index (χ2v) is 4.26. The molecule has 94 valence electrons. The van der Waals surface area contributed by atoms with Crippen LogP contribution in [0.3, 0.4) is 0 Å². The molecule has 6 nitrogen and oxygen atoms in total. The summed E-state index contributed by atoms with van der Waals surface area (Å²) in [4.78, 5) is 11.4. The molecule has 0 bridgehead atoms. The molecule has 1 aliphatic heterocycles. The van der Waals surface area contributed by atoms with E-state index in [9.17, 15) is 4.79 Å². The molecule has 1 N–H and O–H groups in total. The topological polar surface area (TPSA) is 69.0 Å². The van der Waals surface area contributed by atoms with Crippen molar-refractivity contribution in [2.75, 3.05) is 19.7 Å². The van der Waals surface area contributed by atoms with Crippen molar-refractivity contribution in [3.63, 3.8) is 0 Å². The predicted molar refractivity (Wildman–Crippen MR) is 61.6 cm³/mol. The summed E-state index contributed by atoms with van der Waals surface area (Å²) in [5, 5.41) is 11.1. The van der Waals surface area contributed by atoms with Gasteiger partial charge in [-0.25, -0.2) is 4.79 Å². The monoisotopic (exact) mass is 238 g/mol. The molecule has 1 fully saturated rings. The third-order valence-electron chi connectivity index (χ3n) is 2.87. The standard InChI is InChI=1S/C11H18N4O2/c1-2-17-11(16)10-8-15(14-13-10)7-9-4-3-5-12-6-9/h8-9,12H,2-7H2,1H3/t9-/m0/s1. The second-order valence-electron chi connectivity index (χ2n) is 4.26. The molecular formula is C11H18N4O2. The average Bonchev–Trinajstić information content (AvgIpc) is 2.79. The quantitative estimate of drug-likeness (QED) is 0.771. The number of piperidine rings is 1. The minimum absolute atomic E-state index is 0.288. The number of aromatic nitrogens is 3. The smallest absolute Gasteiger partial charge is 0.360 e. The first-order valence-electron chi connectivity index (χ1n) is 6.07. The van der Waals surface area contributed by atoms with E-state index in [4.69, 9.17) is 4.74 Å². The number of carbonyl (C=O) groups excluding carboxylic acids is 1. The van der Waals surface area contributed by atoms with Gasteiger partial charge < -0.3 is 10.1 Å². The molecule has 17 heavy (non-hydrogen) atoms. The van der Waals surface area contributed by atoms with Gasteiger partial charge >= 0.3 is 5.97 Å². The molecule has 0 aliphatic carbocycles. The Bertz CT molecular complexity index is 371. The Hall–Kier alpha value is -1.43. The molecule has 2 heterocycles. The highest BCUT2D eigenvalue weighted by molar-refractivity contribution is 5.86. The number of hydrogen-bond donors (Lipinski definition) is 1. The minimum Gasteiger partial charge on any atom is -0.461 e. The Morgan fingerprint density at radius 2 is 2.59 bits per heavy atom. The van der Waals surface area contributed by atoms with E-state index in [1.165, 1.54) is 12.8 Å². The SMILES string of the molecule is CCOC(=O)c1cn(C[C@H]2CCCNC2)nn1. The fraction of sp³-hybridized carbons (Fsp3) is 0.727. The maximum Gasteiger partial charge on any atom is 0.360 e. The Morgan fingerprint density at radius 3 is 3.29 bits per heavy atom. The molecule has 2 rings (SSSR count). The lowest BCUT2D eigenvalue weighted by molar-refractivity contribution is 0.0519. The van der Waals surface area contributed by atoms with Crippen molar-refractivity contribution in [2.45, 2.75) is 26.3 Å². The van der Waals surface area contributed by atoms with Crippen molar-refractivity contribution in [1.82, 2.24) is 20.3 Å². The molecule has 1 aromatic heterocycles. The van der Waals surface area contributed by atoms with Crippen LogP contribution in [-0.4, -0.2) is 40.7 Å². The van der Waals surface area contributed by atoms with Gasteiger partial charge in [0.1, 0.15) is 0 Å². The molecule has 1 atom stereocenters. The summed E-state index contributed by atoms with van der Waals surface area (Å²) in [6, 6.07) is 0. The van der Waals surface area contributed by atoms with E-state index >= 15 is 0 Å². The van der Waals surface area contributed by atoms with Crippen LogP contribution in [0, 0.1) is 5.92 Å². The number of rotatable bonds is 4. The molecule has 0 radical (unpaired) electrons. The fourth-order valence-electron chi connectivity index (χ4n) is 2.03. The Morgan fingerprint density at radius 1 is 1.71 bits per heavy atom. The zero-order chi connectivity index (χ0) is 12.1. The Labute approximate surface area is 100 Å². The fourth-order valence-corrected chi connectivity index (χ4v) is 2.03. The highest BCUT2D eigenvalue weighted by Gasteiger charge is 2.16. The number of ether oxygens (including phenoxy) is 1. The number of hydrogen-bond acceptors (Lipinski definition) is 5. The van der Waals surface area contributed by atoms with E-state index in [2.05, 4.69) is 15.6 Å². The molecule has 1 aromatic rings. The van der Waals surface area contributed by atoms with Crippen LogP contribution in [0.1, 0.15) is 30.3 Å². The van der Waals surface area contributed by atoms with Gasteiger partial charge in [0.05, 0.1) is 12.8 Å². The van der Waals surface area contributed by atoms with Crippen molar-refractivity contribution >= 4 is 5.97 Å². The van der Waals surface area contributed by atoms with Gasteiger partial charge in [0.25, 0.3) is 0 Å². The largest absolute Gasteiger partial charge is 0.461 e. The molecule has 0 spiro atoms. The van der Waals surface area contributed by atoms with E-state index in [-0.39, 0.29) is 5.69 Å². The highest BCUT2D eigenvalue weighted by atomic mass is 16.5. The first-order valence-corrected chi connectivity index (χ1v) is 6.07. The highest BCUT2D eigenvalue weighted by Crippen LogP contribution is 2.12. The number of esters is 1. The van der Waals surface area contributed by atoms with Gasteiger partial charge in [0.15, 0.2) is 5.69 Å². The summed E-state index contributed by atoms with van der Waals surface area (Å²) in [6.07, 6.45) is 4.05. The van der Waals surface area contributed by atoms with E-state index < -0.39 is 5.97 Å². The number of carbonyl (C=O) groups is 1. The van der Waals surface area contributed by atoms with Crippen LogP contribution in [0.4, 0.5) is 0 Å². The summed E-state index contributed by atoms with van der Waals surface area (Å²) in [5.41, 5.74) is 0.288. The second kappa shape index (κ2) is 5.77. The predicted octanol–water partition coefficient (Wildman–Crippen LogP) is 0.454. The van der Waals surface area contributed by atoms with Crippen LogP contribution in [-0.2, 0) is 11.3 Å². The van der Waals surface area contributed by atoms with Gasteiger partial charge in [0, 0.05) is 6.54 Å². The molecule has 1 saturated heterocycles. The summed E-state index contributed by atoms with van der Waals surface area (Å²) in [5.74, 6) is 0.168. The van der Waals surface area contributed by atoms with Crippen LogP contribution in [0.25, 0.3) is 0 Å². The van der Waals surface area contributed by atoms with Crippen LogP contribution in [0.5, 0.6) is 0 Å². The van der Waals surface area contributed by atoms with Crippen LogP contribution < -0.4 is 5.32 Å². The van der Waals surface area contributed by atoms with E-state index in [0.717, 1.165) is 19.6 Å². The lowest BCUT2D eigenvalue weighted by atomic mass is 10.00. The van der Waals surface area contributed by atoms with Gasteiger partial charge in [-0.2, -0.15) is 0 Å². The van der Waals surface area contributed by atoms with Gasteiger partial charge in [-0.05, 0) is 38.8 Å². The number of nitrogens with zero attached hydrogens (tertiary/aromatic N) is 3. The van der Waals surface area contributed by atoms with Crippen molar-refractivity contribution in [1.29, 1.82) is 0 Å². The van der Waals surface area contributed by atoms with Crippen LogP contribution >= 0.6 is 0 Å². The van der Waals surface area contributed by atoms with Crippen molar-refractivity contribution in [3.8, 4) is 0 Å². The van der Waals surface area contributed by atoms with Gasteiger partial charge in [-0.3, -0.25) is 4.68 Å². The van der Waals surface area contributed by atoms with Gasteiger partial charge in [0.2, 0.25) is 0 Å². The van der Waals surface area contributed by atoms with E-state index in [0.29, 0.717) is 12.5 Å². The molecule has 6 heteroatoms. The average molecular weight is 238 g/mol. The molecular weight excluding hydrogens is 220 g/mol. The molecule has 0 saturated carbocycles. The Kier molecular flexibility index (Phi) is 4.08. The third-order valence-corrected chi connectivity index (χ3v) is 2.87. The van der Waals surface area contributed by atoms with Crippen molar-refractivity contribution in [2.24, 2.45) is 5.92 Å². The zero-order valence-electron chi connectivity index (χ0n) is 10.1. The molecule has 0 unspecified atom stereocenters. The van der Waals surface area contributed by atoms with Crippen LogP contribution in [0.2, 0.25) is 0 Å². The third kappa shape index (κ3) is 3.26. The van der Waals surface area contributed by atoms with Crippen molar-refractivity contribution in [3.05, 3.63) is 11.9 Å². The van der Waals surface area contributed by atoms with Gasteiger partial charge in [-0.1, -0.05) is 5.21 Å². The summed E-state index contributed by atoms with van der Waals surface area (Å²) >= 11 is 0. The lowest BCUT2D eigenvalue weighted by Gasteiger charge is -2.22. The number of nitrogens with one attached hydrogen (secondary N) is 1. The molecule has 0 aromatic carbocycles. The summed E-state index contributed by atoms with van der Waals surface area (Å²) < 4.78 is 6.59. The molecule has 0 amide bonds. The maximum atomic E-state index is 11.4. The lowest BCUT2D eigenvalue weighted by Crippen LogP contribution is -2.32. The van der Waals surface area contributed by atoms with Crippen LogP contribution in [0.15, 0.2) is 6.20 Å². The minimum atomic E-state index is -0.402. The summed E-state index contributed by atoms with van der Waals surface area (Å²) in [6.45, 7) is 5.05. The molecule has 1 aliphatic rings. The van der Waals surface area contributed by atoms with E-state index in [1.807, 2.05) is 0 Å². The Balaban J connectivity index is 1.91. The first-order chi connectivity index (χ1) is 8.29. The van der Waals surface area contributed by atoms with Crippen molar-refractivity contribution < 1.29 is 9.53 Å². The maximum absolute atomic E-state index is 11.4.